The minimum atomic E-state index is -0.250. The predicted molar refractivity (Wildman–Crippen MR) is 96.5 cm³/mol. The van der Waals surface area contributed by atoms with E-state index in [-0.39, 0.29) is 5.91 Å². The van der Waals surface area contributed by atoms with Crippen molar-refractivity contribution in [2.24, 2.45) is 0 Å². The van der Waals surface area contributed by atoms with Gasteiger partial charge in [0, 0.05) is 17.3 Å². The number of aromatic amines is 1. The number of thiazole rings is 1. The molecular formula is C18H14N4O2S. The molecule has 0 aliphatic rings. The lowest BCUT2D eigenvalue weighted by Gasteiger charge is -2.04. The van der Waals surface area contributed by atoms with Gasteiger partial charge in [0.1, 0.15) is 11.5 Å². The zero-order valence-corrected chi connectivity index (χ0v) is 14.1. The number of benzene rings is 1. The highest BCUT2D eigenvalue weighted by Crippen LogP contribution is 2.26. The molecule has 0 radical (unpaired) electrons. The third kappa shape index (κ3) is 3.22. The molecule has 4 aromatic rings. The molecule has 0 fully saturated rings. The molecule has 0 saturated heterocycles. The smallest absolute Gasteiger partial charge is 0.275 e. The fraction of sp³-hybridized carbons (Fsp3) is 0.0556. The number of rotatable bonds is 4. The van der Waals surface area contributed by atoms with Crippen molar-refractivity contribution in [3.8, 4) is 22.0 Å². The Hall–Kier alpha value is -3.19. The molecular weight excluding hydrogens is 336 g/mol. The Labute approximate surface area is 147 Å². The summed E-state index contributed by atoms with van der Waals surface area (Å²) in [5.74, 6) is 1.24. The summed E-state index contributed by atoms with van der Waals surface area (Å²) in [5.41, 5.74) is 3.00. The van der Waals surface area contributed by atoms with Gasteiger partial charge in [0.25, 0.3) is 5.91 Å². The first-order chi connectivity index (χ1) is 12.2. The Balaban J connectivity index is 1.48. The largest absolute Gasteiger partial charge is 0.459 e. The van der Waals surface area contributed by atoms with Gasteiger partial charge >= 0.3 is 0 Å². The number of furan rings is 1. The van der Waals surface area contributed by atoms with Crippen molar-refractivity contribution >= 4 is 22.9 Å². The first-order valence-electron chi connectivity index (χ1n) is 7.62. The zero-order chi connectivity index (χ0) is 17.2. The van der Waals surface area contributed by atoms with Crippen molar-refractivity contribution in [1.82, 2.24) is 15.2 Å². The Morgan fingerprint density at radius 3 is 2.68 bits per heavy atom. The van der Waals surface area contributed by atoms with E-state index in [4.69, 9.17) is 4.42 Å². The third-order valence-electron chi connectivity index (χ3n) is 3.64. The monoisotopic (exact) mass is 350 g/mol. The lowest BCUT2D eigenvalue weighted by Crippen LogP contribution is -2.12. The van der Waals surface area contributed by atoms with E-state index >= 15 is 0 Å². The Kier molecular flexibility index (Phi) is 3.91. The van der Waals surface area contributed by atoms with Crippen LogP contribution in [0.25, 0.3) is 22.0 Å². The van der Waals surface area contributed by atoms with Gasteiger partial charge in [-0.1, -0.05) is 12.1 Å². The maximum absolute atomic E-state index is 12.4. The fourth-order valence-corrected chi connectivity index (χ4v) is 3.15. The lowest BCUT2D eigenvalue weighted by molar-refractivity contribution is 0.102. The lowest BCUT2D eigenvalue weighted by atomic mass is 10.1. The van der Waals surface area contributed by atoms with Crippen LogP contribution in [0.1, 0.15) is 16.2 Å². The number of anilines is 1. The van der Waals surface area contributed by atoms with Crippen molar-refractivity contribution in [2.75, 3.05) is 5.32 Å². The highest BCUT2D eigenvalue weighted by molar-refractivity contribution is 7.13. The van der Waals surface area contributed by atoms with Gasteiger partial charge in [-0.15, -0.1) is 11.3 Å². The van der Waals surface area contributed by atoms with Crippen LogP contribution >= 0.6 is 11.3 Å². The van der Waals surface area contributed by atoms with E-state index in [0.717, 1.165) is 17.0 Å². The number of aryl methyl sites for hydroxylation is 1. The van der Waals surface area contributed by atoms with Gasteiger partial charge in [-0.25, -0.2) is 4.98 Å². The topological polar surface area (TPSA) is 83.8 Å². The first kappa shape index (κ1) is 15.3. The molecule has 124 valence electrons. The van der Waals surface area contributed by atoms with Gasteiger partial charge in [-0.2, -0.15) is 5.10 Å². The van der Waals surface area contributed by atoms with Crippen molar-refractivity contribution in [3.63, 3.8) is 0 Å². The second-order valence-corrected chi connectivity index (χ2v) is 6.31. The van der Waals surface area contributed by atoms with Crippen LogP contribution in [0.15, 0.2) is 58.5 Å². The molecule has 0 atom stereocenters. The molecule has 0 bridgehead atoms. The van der Waals surface area contributed by atoms with Gasteiger partial charge in [0.2, 0.25) is 0 Å². The second kappa shape index (κ2) is 6.37. The standard InChI is InChI=1S/C18H14N4O2S/c1-11-2-7-16(24-11)18-21-15(10-25-18)17(23)20-13-5-3-12(4-6-13)14-8-9-19-22-14/h2-10H,1H3,(H,19,22)(H,20,23). The van der Waals surface area contributed by atoms with Crippen molar-refractivity contribution in [2.45, 2.75) is 6.92 Å². The summed E-state index contributed by atoms with van der Waals surface area (Å²) in [6, 6.07) is 13.1. The molecule has 0 unspecified atom stereocenters. The van der Waals surface area contributed by atoms with E-state index in [2.05, 4.69) is 20.5 Å². The molecule has 25 heavy (non-hydrogen) atoms. The van der Waals surface area contributed by atoms with Crippen molar-refractivity contribution < 1.29 is 9.21 Å². The van der Waals surface area contributed by atoms with Gasteiger partial charge in [-0.05, 0) is 42.8 Å². The number of carbonyl (C=O) groups excluding carboxylic acids is 1. The molecule has 0 saturated carbocycles. The van der Waals surface area contributed by atoms with Crippen LogP contribution in [0, 0.1) is 6.92 Å². The Morgan fingerprint density at radius 1 is 1.16 bits per heavy atom. The van der Waals surface area contributed by atoms with Crippen LogP contribution in [0.4, 0.5) is 5.69 Å². The van der Waals surface area contributed by atoms with Crippen LogP contribution in [0.3, 0.4) is 0 Å². The average molecular weight is 350 g/mol. The van der Waals surface area contributed by atoms with E-state index < -0.39 is 0 Å². The average Bonchev–Trinajstić information content (AvgIpc) is 3.36. The quantitative estimate of drug-likeness (QED) is 0.573. The van der Waals surface area contributed by atoms with E-state index in [1.54, 1.807) is 11.6 Å². The van der Waals surface area contributed by atoms with Crippen LogP contribution in [-0.4, -0.2) is 21.1 Å². The Bertz CT molecular complexity index is 1000. The predicted octanol–water partition coefficient (Wildman–Crippen LogP) is 4.35. The molecule has 6 nitrogen and oxygen atoms in total. The number of nitrogens with one attached hydrogen (secondary N) is 2. The molecule has 2 N–H and O–H groups in total. The molecule has 0 aliphatic heterocycles. The normalized spacial score (nSPS) is 10.8. The minimum absolute atomic E-state index is 0.250. The first-order valence-corrected chi connectivity index (χ1v) is 8.50. The highest BCUT2D eigenvalue weighted by Gasteiger charge is 2.14. The van der Waals surface area contributed by atoms with Gasteiger partial charge in [0.15, 0.2) is 10.8 Å². The van der Waals surface area contributed by atoms with E-state index in [1.165, 1.54) is 11.3 Å². The summed E-state index contributed by atoms with van der Waals surface area (Å²) >= 11 is 1.38. The summed E-state index contributed by atoms with van der Waals surface area (Å²) in [6.07, 6.45) is 1.70. The second-order valence-electron chi connectivity index (χ2n) is 5.45. The van der Waals surface area contributed by atoms with Crippen molar-refractivity contribution in [1.29, 1.82) is 0 Å². The summed E-state index contributed by atoms with van der Waals surface area (Å²) in [4.78, 5) is 16.7. The maximum Gasteiger partial charge on any atom is 0.275 e. The number of H-pyrrole nitrogens is 1. The molecule has 0 spiro atoms. The summed E-state index contributed by atoms with van der Waals surface area (Å²) < 4.78 is 5.54. The number of nitrogens with zero attached hydrogens (tertiary/aromatic N) is 2. The number of hydrogen-bond acceptors (Lipinski definition) is 5. The number of carbonyl (C=O) groups is 1. The molecule has 0 aliphatic carbocycles. The number of aromatic nitrogens is 3. The summed E-state index contributed by atoms with van der Waals surface area (Å²) in [7, 11) is 0. The van der Waals surface area contributed by atoms with Crippen molar-refractivity contribution in [3.05, 3.63) is 65.5 Å². The van der Waals surface area contributed by atoms with Gasteiger partial charge in [-0.3, -0.25) is 9.89 Å². The van der Waals surface area contributed by atoms with Crippen LogP contribution < -0.4 is 5.32 Å². The highest BCUT2D eigenvalue weighted by atomic mass is 32.1. The van der Waals surface area contributed by atoms with E-state index in [1.807, 2.05) is 49.4 Å². The molecule has 7 heteroatoms. The third-order valence-corrected chi connectivity index (χ3v) is 4.50. The Morgan fingerprint density at radius 2 is 2.00 bits per heavy atom. The molecule has 3 heterocycles. The SMILES string of the molecule is Cc1ccc(-c2nc(C(=O)Nc3ccc(-c4ccn[nH]4)cc3)cs2)o1. The number of amides is 1. The molecule has 3 aromatic heterocycles. The van der Waals surface area contributed by atoms with Gasteiger partial charge < -0.3 is 9.73 Å². The molecule has 1 amide bonds. The fourth-order valence-electron chi connectivity index (χ4n) is 2.39. The van der Waals surface area contributed by atoms with Gasteiger partial charge in [0.05, 0.1) is 5.69 Å². The van der Waals surface area contributed by atoms with E-state index in [9.17, 15) is 4.79 Å². The minimum Gasteiger partial charge on any atom is -0.459 e. The summed E-state index contributed by atoms with van der Waals surface area (Å²) in [5, 5.41) is 12.1. The zero-order valence-electron chi connectivity index (χ0n) is 13.3. The van der Waals surface area contributed by atoms with Crippen LogP contribution in [0.5, 0.6) is 0 Å². The summed E-state index contributed by atoms with van der Waals surface area (Å²) in [6.45, 7) is 1.87. The van der Waals surface area contributed by atoms with Crippen LogP contribution in [0.2, 0.25) is 0 Å². The molecule has 4 rings (SSSR count). The maximum atomic E-state index is 12.4. The van der Waals surface area contributed by atoms with E-state index in [0.29, 0.717) is 22.1 Å². The molecule has 1 aromatic carbocycles. The number of hydrogen-bond donors (Lipinski definition) is 2. The van der Waals surface area contributed by atoms with Crippen LogP contribution in [-0.2, 0) is 0 Å².